The van der Waals surface area contributed by atoms with Crippen molar-refractivity contribution in [1.82, 2.24) is 9.72 Å². The predicted octanol–water partition coefficient (Wildman–Crippen LogP) is 3.11. The molecule has 37 heavy (non-hydrogen) atoms. The summed E-state index contributed by atoms with van der Waals surface area (Å²) in [5, 5.41) is 22.0. The van der Waals surface area contributed by atoms with Gasteiger partial charge in [-0.15, -0.1) is 4.74 Å². The summed E-state index contributed by atoms with van der Waals surface area (Å²) in [7, 11) is 0. The average Bonchev–Trinajstić information content (AvgIpc) is 3.20. The number of aliphatic hydroxyl groups excluding tert-OH is 2. The van der Waals surface area contributed by atoms with Crippen LogP contribution in [0.1, 0.15) is 27.8 Å². The maximum absolute atomic E-state index is 11.6. The highest BCUT2D eigenvalue weighted by Gasteiger charge is 2.13. The van der Waals surface area contributed by atoms with Gasteiger partial charge in [-0.05, 0) is 84.0 Å². The largest absolute Gasteiger partial charge is 0.491 e. The van der Waals surface area contributed by atoms with Crippen LogP contribution >= 0.6 is 0 Å². The summed E-state index contributed by atoms with van der Waals surface area (Å²) in [4.78, 5) is 24.9. The molecule has 0 bridgehead atoms. The van der Waals surface area contributed by atoms with Crippen LogP contribution in [0.25, 0.3) is 11.1 Å². The average molecular weight is 506 g/mol. The van der Waals surface area contributed by atoms with E-state index in [4.69, 9.17) is 14.4 Å². The first kappa shape index (κ1) is 26.0. The number of rotatable bonds is 10. The van der Waals surface area contributed by atoms with Gasteiger partial charge in [-0.3, -0.25) is 0 Å². The zero-order chi connectivity index (χ0) is 26.5. The summed E-state index contributed by atoms with van der Waals surface area (Å²) < 4.78 is 11.5. The van der Waals surface area contributed by atoms with Gasteiger partial charge in [0.05, 0.1) is 13.2 Å². The van der Waals surface area contributed by atoms with Crippen LogP contribution < -0.4 is 21.5 Å². The first-order valence-electron chi connectivity index (χ1n) is 12.0. The number of ether oxygens (including phenoxy) is 1. The van der Waals surface area contributed by atoms with Crippen molar-refractivity contribution in [3.05, 3.63) is 103 Å². The van der Waals surface area contributed by atoms with E-state index in [2.05, 4.69) is 35.4 Å². The molecule has 3 aromatic carbocycles. The second-order valence-corrected chi connectivity index (χ2v) is 9.07. The molecule has 0 radical (unpaired) electrons. The Morgan fingerprint density at radius 2 is 1.78 bits per heavy atom. The molecule has 1 atom stereocenters. The van der Waals surface area contributed by atoms with Gasteiger partial charge >= 0.3 is 11.4 Å². The van der Waals surface area contributed by atoms with Crippen molar-refractivity contribution < 1.29 is 19.5 Å². The number of aliphatic hydroxyl groups is 2. The number of aryl methyl sites for hydroxylation is 2. The molecule has 4 aromatic rings. The minimum Gasteiger partial charge on any atom is -0.491 e. The Morgan fingerprint density at radius 3 is 2.46 bits per heavy atom. The lowest BCUT2D eigenvalue weighted by Crippen LogP contribution is -2.21. The Balaban J connectivity index is 1.46. The fraction of sp³-hybridized carbons (Fsp3) is 0.286. The van der Waals surface area contributed by atoms with Gasteiger partial charge in [-0.2, -0.15) is 0 Å². The van der Waals surface area contributed by atoms with Gasteiger partial charge in [0.15, 0.2) is 0 Å². The topological polar surface area (TPSA) is 130 Å². The molecule has 0 aliphatic carbocycles. The van der Waals surface area contributed by atoms with E-state index in [0.29, 0.717) is 12.3 Å². The predicted molar refractivity (Wildman–Crippen MR) is 141 cm³/mol. The van der Waals surface area contributed by atoms with Gasteiger partial charge in [-0.25, -0.2) is 14.6 Å². The summed E-state index contributed by atoms with van der Waals surface area (Å²) in [6.45, 7) is 6.60. The molecule has 0 aliphatic heterocycles. The van der Waals surface area contributed by atoms with Crippen molar-refractivity contribution in [3.63, 3.8) is 0 Å². The summed E-state index contributed by atoms with van der Waals surface area (Å²) in [5.41, 5.74) is 7.77. The molecule has 0 fully saturated rings. The number of nitrogens with zero attached hydrogens (tertiary/aromatic N) is 1. The van der Waals surface area contributed by atoms with Crippen molar-refractivity contribution in [1.29, 1.82) is 0 Å². The Bertz CT molecular complexity index is 1480. The Morgan fingerprint density at radius 1 is 1.03 bits per heavy atom. The third kappa shape index (κ3) is 6.19. The molecule has 0 spiro atoms. The highest BCUT2D eigenvalue weighted by atomic mass is 16.5. The molecule has 4 rings (SSSR count). The summed E-state index contributed by atoms with van der Waals surface area (Å²) >= 11 is 0. The van der Waals surface area contributed by atoms with Crippen LogP contribution in [0.15, 0.2) is 68.7 Å². The molecule has 194 valence electrons. The maximum atomic E-state index is 11.6. The third-order valence-corrected chi connectivity index (χ3v) is 6.29. The van der Waals surface area contributed by atoms with Crippen LogP contribution in [0.4, 0.5) is 5.69 Å². The first-order valence-corrected chi connectivity index (χ1v) is 12.0. The van der Waals surface area contributed by atoms with Crippen molar-refractivity contribution in [2.24, 2.45) is 0 Å². The molecule has 1 aromatic heterocycles. The normalized spacial score (nSPS) is 11.9. The van der Waals surface area contributed by atoms with Gasteiger partial charge in [0.1, 0.15) is 18.5 Å². The number of hydrogen-bond donors (Lipinski definition) is 4. The molecule has 9 heteroatoms. The second-order valence-electron chi connectivity index (χ2n) is 9.07. The number of aromatic amines is 1. The van der Waals surface area contributed by atoms with Gasteiger partial charge < -0.3 is 24.8 Å². The fourth-order valence-corrected chi connectivity index (χ4v) is 4.15. The minimum atomic E-state index is -0.909. The Kier molecular flexibility index (Phi) is 7.95. The summed E-state index contributed by atoms with van der Waals surface area (Å²) in [6.07, 6.45) is -0.909. The van der Waals surface area contributed by atoms with Crippen LogP contribution in [0.2, 0.25) is 0 Å². The molecule has 0 saturated heterocycles. The van der Waals surface area contributed by atoms with Gasteiger partial charge in [-0.1, -0.05) is 30.3 Å². The van der Waals surface area contributed by atoms with Gasteiger partial charge in [0.25, 0.3) is 0 Å². The third-order valence-electron chi connectivity index (χ3n) is 6.29. The van der Waals surface area contributed by atoms with Crippen LogP contribution in [0.5, 0.6) is 5.75 Å². The molecule has 0 aliphatic rings. The van der Waals surface area contributed by atoms with E-state index in [-0.39, 0.29) is 19.8 Å². The van der Waals surface area contributed by atoms with Crippen molar-refractivity contribution in [2.45, 2.75) is 40.0 Å². The van der Waals surface area contributed by atoms with Gasteiger partial charge in [0.2, 0.25) is 0 Å². The molecular formula is C28H31N3O6. The first-order chi connectivity index (χ1) is 17.7. The van der Waals surface area contributed by atoms with Crippen LogP contribution in [0, 0.1) is 20.8 Å². The standard InChI is InChI=1S/C28H31N3O6/c1-17-12-26(36-16-23(33)15-32)18(2)11-25(17)24-6-4-5-21(19(24)3)13-29-22-9-7-20(8-10-22)14-31-27(34)30-28(35)37-31/h4-12,23,29,32-33H,13-16H2,1-3H3,(H,30,34,35)/t23-/m1/s1. The molecular weight excluding hydrogens is 474 g/mol. The minimum absolute atomic E-state index is 0.0400. The van der Waals surface area contributed by atoms with E-state index >= 15 is 0 Å². The van der Waals surface area contributed by atoms with E-state index < -0.39 is 17.5 Å². The van der Waals surface area contributed by atoms with E-state index in [1.807, 2.05) is 50.2 Å². The maximum Gasteiger partial charge on any atom is 0.440 e. The lowest BCUT2D eigenvalue weighted by molar-refractivity contribution is 0.0534. The highest BCUT2D eigenvalue weighted by molar-refractivity contribution is 5.73. The van der Waals surface area contributed by atoms with E-state index in [1.54, 1.807) is 0 Å². The van der Waals surface area contributed by atoms with Gasteiger partial charge in [0, 0.05) is 12.2 Å². The van der Waals surface area contributed by atoms with Crippen molar-refractivity contribution in [2.75, 3.05) is 18.5 Å². The van der Waals surface area contributed by atoms with Crippen molar-refractivity contribution >= 4 is 5.69 Å². The number of benzene rings is 3. The zero-order valence-corrected chi connectivity index (χ0v) is 21.1. The molecule has 0 saturated carbocycles. The molecule has 0 unspecified atom stereocenters. The SMILES string of the molecule is Cc1cc(-c2cccc(CNc3ccc(Cn4oc(=O)[nH]c4=O)cc3)c2C)c(C)cc1OC[C@H](O)CO. The number of anilines is 1. The van der Waals surface area contributed by atoms with Crippen molar-refractivity contribution in [3.8, 4) is 16.9 Å². The molecule has 0 amide bonds. The highest BCUT2D eigenvalue weighted by Crippen LogP contribution is 2.33. The van der Waals surface area contributed by atoms with Crippen LogP contribution in [-0.4, -0.2) is 39.3 Å². The quantitative estimate of drug-likeness (QED) is 0.261. The van der Waals surface area contributed by atoms with E-state index in [0.717, 1.165) is 43.8 Å². The number of hydrogen-bond acceptors (Lipinski definition) is 7. The Labute approximate surface area is 213 Å². The van der Waals surface area contributed by atoms with Crippen LogP contribution in [-0.2, 0) is 13.1 Å². The monoisotopic (exact) mass is 505 g/mol. The second kappa shape index (κ2) is 11.3. The number of H-pyrrole nitrogens is 1. The zero-order valence-electron chi connectivity index (χ0n) is 21.1. The number of nitrogens with one attached hydrogen (secondary N) is 2. The summed E-state index contributed by atoms with van der Waals surface area (Å²) in [6, 6.07) is 17.9. The molecule has 9 nitrogen and oxygen atoms in total. The van der Waals surface area contributed by atoms with E-state index in [9.17, 15) is 14.7 Å². The smallest absolute Gasteiger partial charge is 0.440 e. The lowest BCUT2D eigenvalue weighted by Gasteiger charge is -2.18. The molecule has 1 heterocycles. The van der Waals surface area contributed by atoms with E-state index in [1.165, 1.54) is 5.56 Å². The Hall–Kier alpha value is -4.08. The fourth-order valence-electron chi connectivity index (χ4n) is 4.15. The number of aromatic nitrogens is 2. The summed E-state index contributed by atoms with van der Waals surface area (Å²) in [5.74, 6) is -0.0791. The van der Waals surface area contributed by atoms with Crippen LogP contribution in [0.3, 0.4) is 0 Å². The lowest BCUT2D eigenvalue weighted by atomic mass is 9.92. The molecule has 4 N–H and O–H groups in total.